The van der Waals surface area contributed by atoms with Crippen molar-refractivity contribution in [2.45, 2.75) is 25.7 Å². The van der Waals surface area contributed by atoms with Crippen LogP contribution in [0, 0.1) is 0 Å². The molecular weight excluding hydrogens is 128 g/mol. The summed E-state index contributed by atoms with van der Waals surface area (Å²) in [6.45, 7) is 0. The van der Waals surface area contributed by atoms with Crippen LogP contribution in [0.25, 0.3) is 0 Å². The molecule has 1 aliphatic rings. The van der Waals surface area contributed by atoms with Crippen molar-refractivity contribution in [3.05, 3.63) is 0 Å². The molecule has 0 aromatic heterocycles. The van der Waals surface area contributed by atoms with Crippen LogP contribution < -0.4 is 11.7 Å². The molecule has 0 aromatic carbocycles. The third-order valence-electron chi connectivity index (χ3n) is 1.77. The molecule has 4 nitrogen and oxygen atoms in total. The summed E-state index contributed by atoms with van der Waals surface area (Å²) in [6.07, 6.45) is 3.69. The molecule has 0 heterocycles. The fourth-order valence-corrected chi connectivity index (χ4v) is 1.09. The van der Waals surface area contributed by atoms with E-state index in [0.29, 0.717) is 0 Å². The Morgan fingerprint density at radius 3 is 1.30 bits per heavy atom. The summed E-state index contributed by atoms with van der Waals surface area (Å²) in [5, 5.41) is 7.27. The van der Waals surface area contributed by atoms with E-state index in [1.165, 1.54) is 0 Å². The van der Waals surface area contributed by atoms with Gasteiger partial charge in [-0.2, -0.15) is 10.2 Å². The van der Waals surface area contributed by atoms with Crippen LogP contribution in [0.2, 0.25) is 0 Å². The molecule has 56 valence electrons. The smallest absolute Gasteiger partial charge is 0.0383 e. The van der Waals surface area contributed by atoms with Crippen LogP contribution in [0.3, 0.4) is 0 Å². The highest BCUT2D eigenvalue weighted by atomic mass is 15.1. The van der Waals surface area contributed by atoms with Gasteiger partial charge in [-0.15, -0.1) is 0 Å². The molecule has 1 saturated carbocycles. The Hall–Kier alpha value is -1.06. The third kappa shape index (κ3) is 1.46. The highest BCUT2D eigenvalue weighted by Crippen LogP contribution is 2.11. The van der Waals surface area contributed by atoms with Gasteiger partial charge in [-0.1, -0.05) is 0 Å². The van der Waals surface area contributed by atoms with Gasteiger partial charge in [0.2, 0.25) is 0 Å². The van der Waals surface area contributed by atoms with Gasteiger partial charge < -0.3 is 11.7 Å². The average molecular weight is 140 g/mol. The van der Waals surface area contributed by atoms with Gasteiger partial charge in [0.25, 0.3) is 0 Å². The van der Waals surface area contributed by atoms with Gasteiger partial charge in [-0.05, 0) is 25.7 Å². The molecule has 1 aliphatic carbocycles. The number of hydrogen-bond acceptors (Lipinski definition) is 4. The Labute approximate surface area is 60.0 Å². The topological polar surface area (TPSA) is 76.8 Å². The first-order valence-corrected chi connectivity index (χ1v) is 3.38. The molecule has 0 saturated heterocycles. The molecule has 0 aliphatic heterocycles. The van der Waals surface area contributed by atoms with Crippen LogP contribution in [-0.2, 0) is 0 Å². The van der Waals surface area contributed by atoms with Gasteiger partial charge >= 0.3 is 0 Å². The van der Waals surface area contributed by atoms with Gasteiger partial charge in [0.1, 0.15) is 0 Å². The van der Waals surface area contributed by atoms with Crippen LogP contribution in [0.5, 0.6) is 0 Å². The highest BCUT2D eigenvalue weighted by molar-refractivity contribution is 5.97. The molecule has 0 spiro atoms. The number of hydrazone groups is 2. The van der Waals surface area contributed by atoms with Gasteiger partial charge in [0, 0.05) is 11.4 Å². The fourth-order valence-electron chi connectivity index (χ4n) is 1.09. The van der Waals surface area contributed by atoms with E-state index in [9.17, 15) is 0 Å². The minimum atomic E-state index is 0.923. The zero-order valence-corrected chi connectivity index (χ0v) is 5.88. The van der Waals surface area contributed by atoms with Crippen molar-refractivity contribution in [2.75, 3.05) is 0 Å². The standard InChI is InChI=1S/C6H12N4/c7-9-5-1-2-6(10-8)4-3-5/h1-4,7-8H2. The first-order valence-electron chi connectivity index (χ1n) is 3.38. The van der Waals surface area contributed by atoms with Crippen molar-refractivity contribution >= 4 is 11.4 Å². The summed E-state index contributed by atoms with van der Waals surface area (Å²) in [5.41, 5.74) is 2.15. The van der Waals surface area contributed by atoms with E-state index in [4.69, 9.17) is 11.7 Å². The predicted octanol–water partition coefficient (Wildman–Crippen LogP) is 0.190. The molecule has 0 aromatic rings. The molecule has 0 bridgehead atoms. The SMILES string of the molecule is NN=C1CCC(=NN)CC1. The lowest BCUT2D eigenvalue weighted by molar-refractivity contribution is 0.921. The van der Waals surface area contributed by atoms with E-state index in [-0.39, 0.29) is 0 Å². The van der Waals surface area contributed by atoms with Crippen molar-refractivity contribution < 1.29 is 0 Å². The lowest BCUT2D eigenvalue weighted by Crippen LogP contribution is -2.16. The Morgan fingerprint density at radius 1 is 0.800 bits per heavy atom. The summed E-state index contributed by atoms with van der Waals surface area (Å²) in [7, 11) is 0. The first kappa shape index (κ1) is 7.05. The summed E-state index contributed by atoms with van der Waals surface area (Å²) in [5.74, 6) is 10.2. The second kappa shape index (κ2) is 3.20. The maximum atomic E-state index is 5.11. The number of hydrogen-bond donors (Lipinski definition) is 2. The molecule has 0 unspecified atom stereocenters. The van der Waals surface area contributed by atoms with Gasteiger partial charge in [0.15, 0.2) is 0 Å². The van der Waals surface area contributed by atoms with Crippen LogP contribution in [0.15, 0.2) is 10.2 Å². The zero-order valence-electron chi connectivity index (χ0n) is 5.88. The average Bonchev–Trinajstić information content (AvgIpc) is 2.05. The van der Waals surface area contributed by atoms with Crippen molar-refractivity contribution in [3.63, 3.8) is 0 Å². The molecule has 1 fully saturated rings. The van der Waals surface area contributed by atoms with Crippen molar-refractivity contribution in [2.24, 2.45) is 21.9 Å². The normalized spacial score (nSPS) is 18.8. The summed E-state index contributed by atoms with van der Waals surface area (Å²) < 4.78 is 0. The van der Waals surface area contributed by atoms with Gasteiger partial charge in [-0.25, -0.2) is 0 Å². The van der Waals surface area contributed by atoms with Gasteiger partial charge in [0.05, 0.1) is 0 Å². The van der Waals surface area contributed by atoms with Gasteiger partial charge in [-0.3, -0.25) is 0 Å². The first-order chi connectivity index (χ1) is 4.86. The number of nitrogens with zero attached hydrogens (tertiary/aromatic N) is 2. The monoisotopic (exact) mass is 140 g/mol. The highest BCUT2D eigenvalue weighted by Gasteiger charge is 2.11. The predicted molar refractivity (Wildman–Crippen MR) is 41.7 cm³/mol. The quantitative estimate of drug-likeness (QED) is 0.372. The van der Waals surface area contributed by atoms with Crippen molar-refractivity contribution in [3.8, 4) is 0 Å². The number of nitrogens with two attached hydrogens (primary N) is 2. The Morgan fingerprint density at radius 2 is 1.10 bits per heavy atom. The minimum Gasteiger partial charge on any atom is -0.323 e. The second-order valence-electron chi connectivity index (χ2n) is 2.39. The van der Waals surface area contributed by atoms with E-state index in [0.717, 1.165) is 37.1 Å². The van der Waals surface area contributed by atoms with Crippen molar-refractivity contribution in [1.29, 1.82) is 0 Å². The Balaban J connectivity index is 2.46. The summed E-state index contributed by atoms with van der Waals surface area (Å²) >= 11 is 0. The summed E-state index contributed by atoms with van der Waals surface area (Å²) in [6, 6.07) is 0. The Kier molecular flexibility index (Phi) is 2.25. The van der Waals surface area contributed by atoms with E-state index in [2.05, 4.69) is 10.2 Å². The molecule has 0 amide bonds. The fraction of sp³-hybridized carbons (Fsp3) is 0.667. The van der Waals surface area contributed by atoms with E-state index < -0.39 is 0 Å². The molecule has 0 atom stereocenters. The second-order valence-corrected chi connectivity index (χ2v) is 2.39. The maximum Gasteiger partial charge on any atom is 0.0383 e. The van der Waals surface area contributed by atoms with E-state index in [1.807, 2.05) is 0 Å². The molecule has 0 radical (unpaired) electrons. The lowest BCUT2D eigenvalue weighted by atomic mass is 9.97. The molecule has 10 heavy (non-hydrogen) atoms. The van der Waals surface area contributed by atoms with Crippen LogP contribution in [0.4, 0.5) is 0 Å². The third-order valence-corrected chi connectivity index (χ3v) is 1.77. The minimum absolute atomic E-state index is 0.923. The molecule has 4 N–H and O–H groups in total. The van der Waals surface area contributed by atoms with Crippen LogP contribution >= 0.6 is 0 Å². The van der Waals surface area contributed by atoms with E-state index >= 15 is 0 Å². The molecule has 4 heteroatoms. The zero-order chi connectivity index (χ0) is 7.40. The van der Waals surface area contributed by atoms with Crippen LogP contribution in [-0.4, -0.2) is 11.4 Å². The van der Waals surface area contributed by atoms with Crippen molar-refractivity contribution in [1.82, 2.24) is 0 Å². The lowest BCUT2D eigenvalue weighted by Gasteiger charge is -2.12. The van der Waals surface area contributed by atoms with Crippen LogP contribution in [0.1, 0.15) is 25.7 Å². The number of rotatable bonds is 0. The molecule has 1 rings (SSSR count). The maximum absolute atomic E-state index is 5.11. The molecular formula is C6H12N4. The van der Waals surface area contributed by atoms with E-state index in [1.54, 1.807) is 0 Å². The summed E-state index contributed by atoms with van der Waals surface area (Å²) in [4.78, 5) is 0. The largest absolute Gasteiger partial charge is 0.323 e. The Bertz CT molecular complexity index is 139.